The van der Waals surface area contributed by atoms with Crippen LogP contribution in [-0.4, -0.2) is 123 Å². The van der Waals surface area contributed by atoms with Crippen LogP contribution < -0.4 is 19.7 Å². The van der Waals surface area contributed by atoms with E-state index >= 15 is 8.78 Å². The number of terminal acetylenes is 1. The fourth-order valence-electron chi connectivity index (χ4n) is 10.5. The van der Waals surface area contributed by atoms with Crippen molar-refractivity contribution in [1.29, 1.82) is 0 Å². The number of halogens is 2. The van der Waals surface area contributed by atoms with E-state index in [1.54, 1.807) is 4.90 Å². The second-order valence-electron chi connectivity index (χ2n) is 20.4. The van der Waals surface area contributed by atoms with Gasteiger partial charge in [-0.15, -0.1) is 6.42 Å². The van der Waals surface area contributed by atoms with Crippen molar-refractivity contribution in [1.82, 2.24) is 35.0 Å². The minimum atomic E-state index is -0.796. The number of carbonyl (C=O) groups is 1. The number of methoxy groups -OCH3 is 1. The van der Waals surface area contributed by atoms with E-state index in [0.717, 1.165) is 76.1 Å². The molecule has 10 rings (SSSR count). The standard InChI is InChI=1S/C46H50F2N8O4.C10H14O2/c1-5-33-24-56(20-28(3)49-33)43-39-42(40(48)41(50-44(39)59-4)36-19-34(58)18-30-9-10-37(47)35(6-2)38(30)36)51-45(52-43)60-26-46(11-12-46)25-54-15-13-53(14-16-54)21-29-7-8-31-22-55(27-57)23-32(31)17-29;1-6(2)8-4-7(3)9(11)5-10(8)12/h2,7-10,17-19,27-28,33,49,58H,5,11-16,20-26H2,1,3-4H3;4-6,11-12H,1-3H3. The van der Waals surface area contributed by atoms with Gasteiger partial charge in [0, 0.05) is 100.0 Å². The zero-order valence-corrected chi connectivity index (χ0v) is 41.9. The third-order valence-electron chi connectivity index (χ3n) is 14.6. The Labute approximate surface area is 419 Å². The van der Waals surface area contributed by atoms with Gasteiger partial charge in [-0.25, -0.2) is 13.8 Å². The number of fused-ring (bicyclic) bond motifs is 3. The van der Waals surface area contributed by atoms with Gasteiger partial charge < -0.3 is 44.8 Å². The summed E-state index contributed by atoms with van der Waals surface area (Å²) in [6.07, 6.45) is 9.59. The molecule has 16 heteroatoms. The molecular formula is C56H64F2N8O6. The first-order valence-corrected chi connectivity index (χ1v) is 24.9. The number of aromatic hydroxyl groups is 3. The first kappa shape index (κ1) is 50.2. The quantitative estimate of drug-likeness (QED) is 0.0647. The fourth-order valence-corrected chi connectivity index (χ4v) is 10.5. The predicted octanol–water partition coefficient (Wildman–Crippen LogP) is 8.37. The van der Waals surface area contributed by atoms with E-state index < -0.39 is 11.6 Å². The van der Waals surface area contributed by atoms with E-state index in [0.29, 0.717) is 49.4 Å². The highest BCUT2D eigenvalue weighted by Gasteiger charge is 2.45. The lowest BCUT2D eigenvalue weighted by Gasteiger charge is -2.38. The number of ether oxygens (including phenoxy) is 2. The molecule has 1 aliphatic carbocycles. The number of aromatic nitrogens is 3. The molecule has 1 saturated carbocycles. The molecule has 14 nitrogen and oxygen atoms in total. The van der Waals surface area contributed by atoms with Crippen LogP contribution in [0.25, 0.3) is 32.9 Å². The average molecular weight is 983 g/mol. The van der Waals surface area contributed by atoms with E-state index in [-0.39, 0.29) is 80.3 Å². The van der Waals surface area contributed by atoms with Gasteiger partial charge in [-0.2, -0.15) is 9.97 Å². The molecule has 378 valence electrons. The molecule has 0 spiro atoms. The summed E-state index contributed by atoms with van der Waals surface area (Å²) >= 11 is 0. The Bertz CT molecular complexity index is 3060. The number of pyridine rings is 1. The highest BCUT2D eigenvalue weighted by molar-refractivity contribution is 6.04. The Balaban J connectivity index is 0.000000469. The molecule has 4 N–H and O–H groups in total. The summed E-state index contributed by atoms with van der Waals surface area (Å²) in [5, 5.41) is 34.0. The van der Waals surface area contributed by atoms with Crippen LogP contribution in [0.4, 0.5) is 14.6 Å². The number of piperazine rings is 2. The summed E-state index contributed by atoms with van der Waals surface area (Å²) in [7, 11) is 1.45. The van der Waals surface area contributed by atoms with Crippen LogP contribution in [0.5, 0.6) is 29.1 Å². The van der Waals surface area contributed by atoms with Crippen molar-refractivity contribution in [3.63, 3.8) is 0 Å². The molecule has 2 unspecified atom stereocenters. The molecule has 2 atom stereocenters. The van der Waals surface area contributed by atoms with E-state index in [9.17, 15) is 20.1 Å². The van der Waals surface area contributed by atoms with Crippen molar-refractivity contribution in [2.75, 3.05) is 64.4 Å². The van der Waals surface area contributed by atoms with Gasteiger partial charge in [-0.3, -0.25) is 9.69 Å². The van der Waals surface area contributed by atoms with Crippen molar-refractivity contribution >= 4 is 33.9 Å². The highest BCUT2D eigenvalue weighted by atomic mass is 19.1. The summed E-state index contributed by atoms with van der Waals surface area (Å²) in [5.41, 5.74) is 5.13. The molecule has 0 bridgehead atoms. The molecule has 1 amide bonds. The Morgan fingerprint density at radius 2 is 1.68 bits per heavy atom. The molecule has 3 aliphatic heterocycles. The van der Waals surface area contributed by atoms with Crippen LogP contribution in [0.2, 0.25) is 0 Å². The number of carbonyl (C=O) groups excluding carboxylic acids is 1. The van der Waals surface area contributed by atoms with Gasteiger partial charge in [0.15, 0.2) is 5.82 Å². The maximum Gasteiger partial charge on any atom is 0.319 e. The zero-order valence-electron chi connectivity index (χ0n) is 41.9. The Hall–Kier alpha value is -6.80. The van der Waals surface area contributed by atoms with Gasteiger partial charge in [0.25, 0.3) is 0 Å². The van der Waals surface area contributed by atoms with Crippen LogP contribution in [0.15, 0.2) is 54.6 Å². The summed E-state index contributed by atoms with van der Waals surface area (Å²) in [5.74, 6) is 1.94. The molecule has 4 aliphatic rings. The van der Waals surface area contributed by atoms with Crippen LogP contribution in [0.3, 0.4) is 0 Å². The summed E-state index contributed by atoms with van der Waals surface area (Å²) in [4.78, 5) is 34.5. The van der Waals surface area contributed by atoms with Crippen molar-refractivity contribution in [2.24, 2.45) is 5.41 Å². The Morgan fingerprint density at radius 3 is 2.38 bits per heavy atom. The second-order valence-corrected chi connectivity index (χ2v) is 20.4. The van der Waals surface area contributed by atoms with Crippen molar-refractivity contribution in [2.45, 2.75) is 91.5 Å². The van der Waals surface area contributed by atoms with Gasteiger partial charge in [0.05, 0.1) is 19.3 Å². The molecule has 2 aromatic heterocycles. The lowest BCUT2D eigenvalue weighted by molar-refractivity contribution is -0.118. The van der Waals surface area contributed by atoms with Gasteiger partial charge in [0.1, 0.15) is 45.5 Å². The number of rotatable bonds is 13. The van der Waals surface area contributed by atoms with Gasteiger partial charge in [0.2, 0.25) is 12.3 Å². The van der Waals surface area contributed by atoms with Crippen molar-refractivity contribution in [3.8, 4) is 52.7 Å². The predicted molar refractivity (Wildman–Crippen MR) is 274 cm³/mol. The maximum atomic E-state index is 17.3. The smallest absolute Gasteiger partial charge is 0.319 e. The molecular weight excluding hydrogens is 919 g/mol. The van der Waals surface area contributed by atoms with E-state index in [1.165, 1.54) is 54.1 Å². The number of hydrogen-bond donors (Lipinski definition) is 4. The number of nitrogens with one attached hydrogen (secondary N) is 1. The first-order chi connectivity index (χ1) is 34.6. The number of hydrogen-bond acceptors (Lipinski definition) is 13. The fraction of sp³-hybridized carbons (Fsp3) is 0.429. The Morgan fingerprint density at radius 1 is 0.931 bits per heavy atom. The largest absolute Gasteiger partial charge is 0.508 e. The number of benzene rings is 4. The third kappa shape index (κ3) is 10.4. The van der Waals surface area contributed by atoms with E-state index in [2.05, 4.69) is 63.0 Å². The number of nitrogens with zero attached hydrogens (tertiary/aromatic N) is 7. The first-order valence-electron chi connectivity index (χ1n) is 24.9. The normalized spacial score (nSPS) is 18.7. The molecule has 72 heavy (non-hydrogen) atoms. The van der Waals surface area contributed by atoms with Crippen molar-refractivity contribution < 1.29 is 38.4 Å². The molecule has 5 heterocycles. The van der Waals surface area contributed by atoms with Gasteiger partial charge in [-0.05, 0) is 96.5 Å². The minimum Gasteiger partial charge on any atom is -0.508 e. The lowest BCUT2D eigenvalue weighted by atomic mass is 9.95. The molecule has 6 aromatic rings. The molecule has 3 fully saturated rings. The number of phenols is 3. The second kappa shape index (κ2) is 20.7. The van der Waals surface area contributed by atoms with E-state index in [4.69, 9.17) is 25.9 Å². The third-order valence-corrected chi connectivity index (χ3v) is 14.6. The highest BCUT2D eigenvalue weighted by Crippen LogP contribution is 2.47. The van der Waals surface area contributed by atoms with Crippen LogP contribution in [-0.2, 0) is 24.4 Å². The van der Waals surface area contributed by atoms with Gasteiger partial charge >= 0.3 is 6.01 Å². The summed E-state index contributed by atoms with van der Waals surface area (Å²) in [6.45, 7) is 18.6. The molecule has 4 aromatic carbocycles. The summed E-state index contributed by atoms with van der Waals surface area (Å²) in [6, 6.07) is 15.6. The molecule has 0 radical (unpaired) electrons. The van der Waals surface area contributed by atoms with Crippen LogP contribution in [0, 0.1) is 36.3 Å². The Kier molecular flexibility index (Phi) is 14.4. The summed E-state index contributed by atoms with van der Waals surface area (Å²) < 4.78 is 44.8. The lowest BCUT2D eigenvalue weighted by Crippen LogP contribution is -2.55. The van der Waals surface area contributed by atoms with Gasteiger partial charge in [-0.1, -0.05) is 51.0 Å². The van der Waals surface area contributed by atoms with Crippen LogP contribution in [0.1, 0.15) is 86.3 Å². The number of anilines is 1. The van der Waals surface area contributed by atoms with E-state index in [1.807, 2.05) is 26.8 Å². The monoisotopic (exact) mass is 982 g/mol. The van der Waals surface area contributed by atoms with Crippen LogP contribution >= 0.6 is 0 Å². The van der Waals surface area contributed by atoms with Crippen molar-refractivity contribution in [3.05, 3.63) is 99.6 Å². The number of aryl methyl sites for hydroxylation is 1. The maximum absolute atomic E-state index is 17.3. The zero-order chi connectivity index (χ0) is 51.0. The topological polar surface area (TPSA) is 160 Å². The minimum absolute atomic E-state index is 0.0488. The number of phenolic OH excluding ortho intramolecular Hbond substituents is 3. The average Bonchev–Trinajstić information content (AvgIpc) is 4.01. The molecule has 2 saturated heterocycles. The SMILES string of the molecule is C#Cc1c(F)ccc2cc(O)cc(-c3nc(OC)c4c(N5CC(C)NC(CC)C5)nc(OCC5(CN6CCN(Cc7ccc8c(c7)CN(C=O)C8)CC6)CC5)nc4c3F)c12.Cc1cc(C(C)C)c(O)cc1O. The number of amides is 1.